The number of benzene rings is 3. The van der Waals surface area contributed by atoms with Crippen molar-refractivity contribution in [1.29, 1.82) is 0 Å². The molecule has 6 heteroatoms. The number of aryl methyl sites for hydroxylation is 1. The second-order valence-corrected chi connectivity index (χ2v) is 8.38. The van der Waals surface area contributed by atoms with E-state index in [1.54, 1.807) is 25.1 Å². The topological polar surface area (TPSA) is 75.3 Å². The summed E-state index contributed by atoms with van der Waals surface area (Å²) < 4.78 is 25.6. The van der Waals surface area contributed by atoms with Crippen molar-refractivity contribution in [3.05, 3.63) is 101 Å². The molecule has 0 saturated heterocycles. The zero-order chi connectivity index (χ0) is 20.1. The van der Waals surface area contributed by atoms with Crippen molar-refractivity contribution in [3.63, 3.8) is 0 Å². The van der Waals surface area contributed by atoms with E-state index in [4.69, 9.17) is 0 Å². The lowest BCUT2D eigenvalue weighted by molar-refractivity contribution is 0.0943. The van der Waals surface area contributed by atoms with Crippen LogP contribution >= 0.6 is 0 Å². The van der Waals surface area contributed by atoms with E-state index in [-0.39, 0.29) is 11.9 Å². The Hall–Kier alpha value is -3.12. The Morgan fingerprint density at radius 1 is 0.857 bits per heavy atom. The molecule has 0 radical (unpaired) electrons. The molecule has 0 saturated carbocycles. The van der Waals surface area contributed by atoms with E-state index in [0.29, 0.717) is 11.3 Å². The molecule has 0 aromatic heterocycles. The third-order valence-corrected chi connectivity index (χ3v) is 4.93. The SMILES string of the molecule is Cc1ccc(C(=O)NC(c2ccccc2)c2ccccc2)cc1NS(C)(=O)=O. The highest BCUT2D eigenvalue weighted by Gasteiger charge is 2.18. The molecular weight excluding hydrogens is 372 g/mol. The summed E-state index contributed by atoms with van der Waals surface area (Å²) in [5.41, 5.74) is 3.44. The quantitative estimate of drug-likeness (QED) is 0.666. The number of sulfonamides is 1. The van der Waals surface area contributed by atoms with Gasteiger partial charge >= 0.3 is 0 Å². The van der Waals surface area contributed by atoms with Crippen molar-refractivity contribution in [3.8, 4) is 0 Å². The Bertz CT molecular complexity index is 1030. The summed E-state index contributed by atoms with van der Waals surface area (Å²) in [5.74, 6) is -0.283. The zero-order valence-corrected chi connectivity index (χ0v) is 16.5. The molecule has 0 unspecified atom stereocenters. The van der Waals surface area contributed by atoms with Gasteiger partial charge in [0.15, 0.2) is 0 Å². The van der Waals surface area contributed by atoms with Gasteiger partial charge in [-0.1, -0.05) is 66.7 Å². The van der Waals surface area contributed by atoms with Gasteiger partial charge in [0.05, 0.1) is 18.0 Å². The Labute approximate surface area is 165 Å². The number of amides is 1. The molecule has 3 aromatic carbocycles. The molecule has 0 bridgehead atoms. The molecule has 5 nitrogen and oxygen atoms in total. The van der Waals surface area contributed by atoms with Gasteiger partial charge in [-0.15, -0.1) is 0 Å². The van der Waals surface area contributed by atoms with Crippen LogP contribution in [-0.2, 0) is 10.0 Å². The number of hydrogen-bond donors (Lipinski definition) is 2. The van der Waals surface area contributed by atoms with Crippen molar-refractivity contribution in [2.24, 2.45) is 0 Å². The maximum atomic E-state index is 12.9. The van der Waals surface area contributed by atoms with E-state index in [1.807, 2.05) is 60.7 Å². The lowest BCUT2D eigenvalue weighted by Gasteiger charge is -2.20. The summed E-state index contributed by atoms with van der Waals surface area (Å²) in [5, 5.41) is 3.06. The molecule has 0 aliphatic carbocycles. The predicted molar refractivity (Wildman–Crippen MR) is 112 cm³/mol. The lowest BCUT2D eigenvalue weighted by atomic mass is 9.98. The summed E-state index contributed by atoms with van der Waals surface area (Å²) in [4.78, 5) is 12.9. The number of nitrogens with one attached hydrogen (secondary N) is 2. The maximum absolute atomic E-state index is 12.9. The van der Waals surface area contributed by atoms with Crippen LogP contribution in [-0.4, -0.2) is 20.6 Å². The molecule has 3 rings (SSSR count). The molecule has 0 atom stereocenters. The molecule has 0 spiro atoms. The Morgan fingerprint density at radius 3 is 1.89 bits per heavy atom. The van der Waals surface area contributed by atoms with E-state index in [9.17, 15) is 13.2 Å². The fourth-order valence-electron chi connectivity index (χ4n) is 2.94. The highest BCUT2D eigenvalue weighted by molar-refractivity contribution is 7.92. The van der Waals surface area contributed by atoms with Gasteiger partial charge in [-0.25, -0.2) is 8.42 Å². The van der Waals surface area contributed by atoms with Gasteiger partial charge < -0.3 is 5.32 Å². The summed E-state index contributed by atoms with van der Waals surface area (Å²) in [6, 6.07) is 24.1. The molecule has 2 N–H and O–H groups in total. The van der Waals surface area contributed by atoms with Crippen LogP contribution in [0.2, 0.25) is 0 Å². The third-order valence-electron chi connectivity index (χ3n) is 4.34. The average molecular weight is 394 g/mol. The number of carbonyl (C=O) groups excluding carboxylic acids is 1. The Balaban J connectivity index is 1.92. The van der Waals surface area contributed by atoms with Gasteiger partial charge in [0, 0.05) is 5.56 Å². The number of anilines is 1. The molecule has 144 valence electrons. The van der Waals surface area contributed by atoms with E-state index >= 15 is 0 Å². The first-order valence-electron chi connectivity index (χ1n) is 8.83. The first kappa shape index (κ1) is 19.6. The largest absolute Gasteiger partial charge is 0.341 e. The predicted octanol–water partition coefficient (Wildman–Crippen LogP) is 3.89. The number of hydrogen-bond acceptors (Lipinski definition) is 3. The second-order valence-electron chi connectivity index (χ2n) is 6.63. The van der Waals surface area contributed by atoms with Crippen LogP contribution in [0.15, 0.2) is 78.9 Å². The molecule has 0 fully saturated rings. The van der Waals surface area contributed by atoms with Crippen LogP contribution in [0.3, 0.4) is 0 Å². The van der Waals surface area contributed by atoms with Crippen LogP contribution in [0.25, 0.3) is 0 Å². The maximum Gasteiger partial charge on any atom is 0.252 e. The van der Waals surface area contributed by atoms with Crippen molar-refractivity contribution in [2.45, 2.75) is 13.0 Å². The smallest absolute Gasteiger partial charge is 0.252 e. The van der Waals surface area contributed by atoms with Crippen LogP contribution in [0.4, 0.5) is 5.69 Å². The first-order valence-corrected chi connectivity index (χ1v) is 10.7. The van der Waals surface area contributed by atoms with Gasteiger partial charge in [-0.3, -0.25) is 9.52 Å². The van der Waals surface area contributed by atoms with Gasteiger partial charge in [0.25, 0.3) is 5.91 Å². The molecule has 28 heavy (non-hydrogen) atoms. The fourth-order valence-corrected chi connectivity index (χ4v) is 3.56. The summed E-state index contributed by atoms with van der Waals surface area (Å²) in [6.07, 6.45) is 1.08. The molecule has 0 aliphatic heterocycles. The third kappa shape index (κ3) is 4.98. The summed E-state index contributed by atoms with van der Waals surface area (Å²) >= 11 is 0. The standard InChI is InChI=1S/C22H22N2O3S/c1-16-13-14-19(15-20(16)24-28(2,26)27)22(25)23-21(17-9-5-3-6-10-17)18-11-7-4-8-12-18/h3-15,21,24H,1-2H3,(H,23,25). The zero-order valence-electron chi connectivity index (χ0n) is 15.7. The monoisotopic (exact) mass is 394 g/mol. The van der Waals surface area contributed by atoms with E-state index in [2.05, 4.69) is 10.0 Å². The van der Waals surface area contributed by atoms with Crippen LogP contribution in [0.1, 0.15) is 33.1 Å². The summed E-state index contributed by atoms with van der Waals surface area (Å²) in [6.45, 7) is 1.78. The minimum Gasteiger partial charge on any atom is -0.341 e. The Morgan fingerprint density at radius 2 is 1.39 bits per heavy atom. The molecule has 0 heterocycles. The number of carbonyl (C=O) groups is 1. The average Bonchev–Trinajstić information content (AvgIpc) is 2.68. The number of rotatable bonds is 6. The first-order chi connectivity index (χ1) is 13.3. The van der Waals surface area contributed by atoms with Crippen LogP contribution in [0.5, 0.6) is 0 Å². The molecule has 0 aliphatic rings. The van der Waals surface area contributed by atoms with Gasteiger partial charge in [0.1, 0.15) is 0 Å². The van der Waals surface area contributed by atoms with Crippen LogP contribution in [0, 0.1) is 6.92 Å². The normalized spacial score (nSPS) is 11.2. The molecule has 1 amide bonds. The molecule has 3 aromatic rings. The van der Waals surface area contributed by atoms with Gasteiger partial charge in [-0.2, -0.15) is 0 Å². The van der Waals surface area contributed by atoms with Crippen molar-refractivity contribution in [1.82, 2.24) is 5.32 Å². The highest BCUT2D eigenvalue weighted by Crippen LogP contribution is 2.23. The van der Waals surface area contributed by atoms with E-state index in [1.165, 1.54) is 0 Å². The lowest BCUT2D eigenvalue weighted by Crippen LogP contribution is -2.29. The van der Waals surface area contributed by atoms with E-state index in [0.717, 1.165) is 22.9 Å². The van der Waals surface area contributed by atoms with Crippen LogP contribution < -0.4 is 10.0 Å². The second kappa shape index (κ2) is 8.27. The van der Waals surface area contributed by atoms with Crippen molar-refractivity contribution in [2.75, 3.05) is 11.0 Å². The minimum absolute atomic E-state index is 0.283. The van der Waals surface area contributed by atoms with Gasteiger partial charge in [-0.05, 0) is 35.7 Å². The summed E-state index contributed by atoms with van der Waals surface area (Å²) in [7, 11) is -3.43. The van der Waals surface area contributed by atoms with Crippen molar-refractivity contribution < 1.29 is 13.2 Å². The molecular formula is C22H22N2O3S. The minimum atomic E-state index is -3.43. The van der Waals surface area contributed by atoms with Gasteiger partial charge in [0.2, 0.25) is 10.0 Å². The Kier molecular flexibility index (Phi) is 5.80. The highest BCUT2D eigenvalue weighted by atomic mass is 32.2. The van der Waals surface area contributed by atoms with Crippen molar-refractivity contribution >= 4 is 21.6 Å². The van der Waals surface area contributed by atoms with E-state index < -0.39 is 10.0 Å². The fraction of sp³-hybridized carbons (Fsp3) is 0.136.